The fourth-order valence-electron chi connectivity index (χ4n) is 12.2. The van der Waals surface area contributed by atoms with Gasteiger partial charge in [0.15, 0.2) is 0 Å². The van der Waals surface area contributed by atoms with Crippen molar-refractivity contribution in [3.63, 3.8) is 0 Å². The average molecular weight is 961 g/mol. The third-order valence-corrected chi connectivity index (χ3v) is 18.6. The number of benzene rings is 8. The Balaban J connectivity index is 1.19. The maximum absolute atomic E-state index is 7.02. The van der Waals surface area contributed by atoms with E-state index in [0.717, 1.165) is 27.7 Å². The van der Waals surface area contributed by atoms with Gasteiger partial charge in [0.2, 0.25) is 0 Å². The van der Waals surface area contributed by atoms with E-state index in [4.69, 9.17) is 4.74 Å². The summed E-state index contributed by atoms with van der Waals surface area (Å²) in [7, 11) is 0. The number of rotatable bonds is 3. The largest absolute Gasteiger partial charge is 0.455 e. The van der Waals surface area contributed by atoms with Crippen LogP contribution in [-0.2, 0) is 21.7 Å². The molecule has 3 nitrogen and oxygen atoms in total. The van der Waals surface area contributed by atoms with Gasteiger partial charge in [-0.25, -0.2) is 0 Å². The van der Waals surface area contributed by atoms with Crippen molar-refractivity contribution in [3.05, 3.63) is 173 Å². The molecule has 0 spiro atoms. The molecular weight excluding hydrogens is 900 g/mol. The molecule has 3 aliphatic heterocycles. The predicted octanol–water partition coefficient (Wildman–Crippen LogP) is 17.9. The Morgan fingerprint density at radius 2 is 1.21 bits per heavy atom. The summed E-state index contributed by atoms with van der Waals surface area (Å²) >= 11 is 3.73. The first-order chi connectivity index (χ1) is 33.8. The van der Waals surface area contributed by atoms with Crippen molar-refractivity contribution in [1.82, 2.24) is 0 Å². The highest BCUT2D eigenvalue weighted by molar-refractivity contribution is 7.99. The molecule has 0 saturated carbocycles. The quantitative estimate of drug-likeness (QED) is 0.164. The number of fused-ring (bicyclic) bond motifs is 10. The molecule has 0 fully saturated rings. The van der Waals surface area contributed by atoms with Crippen LogP contribution in [-0.4, -0.2) is 6.85 Å². The first-order valence-electron chi connectivity index (χ1n) is 25.6. The molecule has 0 radical (unpaired) electrons. The fourth-order valence-corrected chi connectivity index (χ4v) is 14.3. The lowest BCUT2D eigenvalue weighted by atomic mass is 9.43. The van der Waals surface area contributed by atoms with Crippen molar-refractivity contribution >= 4 is 89.5 Å². The van der Waals surface area contributed by atoms with Gasteiger partial charge in [-0.15, -0.1) is 11.3 Å². The second kappa shape index (κ2) is 15.4. The molecule has 9 aromatic rings. The summed E-state index contributed by atoms with van der Waals surface area (Å²) in [6, 6.07) is 56.1. The molecule has 0 atom stereocenters. The lowest BCUT2D eigenvalue weighted by molar-refractivity contribution is 0.332. The van der Waals surface area contributed by atoms with E-state index < -0.39 is 0 Å². The van der Waals surface area contributed by atoms with E-state index in [9.17, 15) is 0 Å². The number of hydrogen-bond acceptors (Lipinski definition) is 5. The van der Waals surface area contributed by atoms with E-state index in [1.54, 1.807) is 0 Å². The summed E-state index contributed by atoms with van der Waals surface area (Å²) in [6.07, 6.45) is 2.33. The Morgan fingerprint density at radius 3 is 1.97 bits per heavy atom. The molecule has 0 unspecified atom stereocenters. The topological polar surface area (TPSA) is 15.7 Å². The van der Waals surface area contributed by atoms with E-state index >= 15 is 0 Å². The molecule has 6 heteroatoms. The number of ether oxygens (including phenoxy) is 1. The molecule has 1 aromatic heterocycles. The summed E-state index contributed by atoms with van der Waals surface area (Å²) in [5.41, 5.74) is 20.5. The summed E-state index contributed by atoms with van der Waals surface area (Å²) in [5, 5.41) is 2.60. The molecule has 0 amide bonds. The second-order valence-corrected chi connectivity index (χ2v) is 26.3. The maximum atomic E-state index is 7.02. The highest BCUT2D eigenvalue weighted by atomic mass is 32.2. The molecule has 4 aliphatic rings. The van der Waals surface area contributed by atoms with Crippen LogP contribution in [0, 0.1) is 6.92 Å². The Hall–Kier alpha value is -6.21. The Labute approximate surface area is 429 Å². The number of thiophene rings is 1. The normalized spacial score (nSPS) is 16.2. The van der Waals surface area contributed by atoms with Crippen molar-refractivity contribution in [3.8, 4) is 33.8 Å². The predicted molar refractivity (Wildman–Crippen MR) is 307 cm³/mol. The zero-order chi connectivity index (χ0) is 49.1. The average Bonchev–Trinajstić information content (AvgIpc) is 3.71. The summed E-state index contributed by atoms with van der Waals surface area (Å²) in [5.74, 6) is 1.82. The first-order valence-corrected chi connectivity index (χ1v) is 27.2. The third kappa shape index (κ3) is 6.91. The molecule has 71 heavy (non-hydrogen) atoms. The van der Waals surface area contributed by atoms with Crippen molar-refractivity contribution in [2.75, 3.05) is 9.71 Å². The molecular formula is C65H61BN2OS2. The zero-order valence-electron chi connectivity index (χ0n) is 43.0. The van der Waals surface area contributed by atoms with Gasteiger partial charge in [-0.3, -0.25) is 0 Å². The zero-order valence-corrected chi connectivity index (χ0v) is 44.6. The fraction of sp³-hybridized carbons (Fsp3) is 0.262. The third-order valence-electron chi connectivity index (χ3n) is 16.4. The molecule has 352 valence electrons. The first kappa shape index (κ1) is 44.7. The molecule has 1 aliphatic carbocycles. The van der Waals surface area contributed by atoms with Crippen LogP contribution in [0.25, 0.3) is 42.4 Å². The van der Waals surface area contributed by atoms with Gasteiger partial charge in [0.1, 0.15) is 11.5 Å². The lowest BCUT2D eigenvalue weighted by Gasteiger charge is -2.48. The van der Waals surface area contributed by atoms with Crippen LogP contribution in [0.5, 0.6) is 11.5 Å². The van der Waals surface area contributed by atoms with Crippen LogP contribution in [0.4, 0.5) is 28.4 Å². The molecule has 8 aromatic carbocycles. The van der Waals surface area contributed by atoms with Crippen LogP contribution in [0.1, 0.15) is 110 Å². The Morgan fingerprint density at radius 1 is 0.521 bits per heavy atom. The molecule has 0 N–H and O–H groups in total. The molecule has 0 bridgehead atoms. The van der Waals surface area contributed by atoms with Gasteiger partial charge in [0, 0.05) is 59.7 Å². The van der Waals surface area contributed by atoms with Crippen molar-refractivity contribution in [2.24, 2.45) is 0 Å². The van der Waals surface area contributed by atoms with Gasteiger partial charge >= 0.3 is 6.85 Å². The standard InChI is InChI=1S/C65H61BN2OS2/c1-38-29-47-48(65(10,11)28-27-64(47,8)9)35-51(38)67-53-37-60-56(69-55-22-16-18-24-58(55)71-60)36-49(53)66-61-46(31-41(32-54(61)67)63(5,6)7)44-34-59-45(42-21-15-17-23-57(42)70-59)33-52(44)68(66)50-26-25-40(62(2,3)4)30-43(50)39-19-13-12-14-20-39/h12-26,29-37H,27-28H2,1-11H3. The van der Waals surface area contributed by atoms with Crippen LogP contribution in [0.3, 0.4) is 0 Å². The minimum absolute atomic E-state index is 0.0306. The van der Waals surface area contributed by atoms with Gasteiger partial charge in [-0.2, -0.15) is 0 Å². The highest BCUT2D eigenvalue weighted by Gasteiger charge is 2.48. The summed E-state index contributed by atoms with van der Waals surface area (Å²) in [6.45, 7) is 26.1. The minimum Gasteiger partial charge on any atom is -0.455 e. The van der Waals surface area contributed by atoms with Gasteiger partial charge in [-0.05, 0) is 158 Å². The van der Waals surface area contributed by atoms with E-state index in [1.807, 2.05) is 23.1 Å². The van der Waals surface area contributed by atoms with E-state index in [-0.39, 0.29) is 28.5 Å². The monoisotopic (exact) mass is 960 g/mol. The van der Waals surface area contributed by atoms with E-state index in [0.29, 0.717) is 0 Å². The molecule has 4 heterocycles. The highest BCUT2D eigenvalue weighted by Crippen LogP contribution is 2.56. The number of aryl methyl sites for hydroxylation is 1. The molecule has 13 rings (SSSR count). The van der Waals surface area contributed by atoms with Crippen LogP contribution < -0.4 is 25.4 Å². The Bertz CT molecular complexity index is 3720. The van der Waals surface area contributed by atoms with Gasteiger partial charge in [0.05, 0.1) is 9.79 Å². The van der Waals surface area contributed by atoms with E-state index in [2.05, 4.69) is 231 Å². The summed E-state index contributed by atoms with van der Waals surface area (Å²) in [4.78, 5) is 7.68. The van der Waals surface area contributed by atoms with Gasteiger partial charge < -0.3 is 14.4 Å². The minimum atomic E-state index is -0.206. The van der Waals surface area contributed by atoms with Crippen molar-refractivity contribution < 1.29 is 4.74 Å². The van der Waals surface area contributed by atoms with Crippen LogP contribution in [0.2, 0.25) is 0 Å². The van der Waals surface area contributed by atoms with Crippen molar-refractivity contribution in [2.45, 2.75) is 120 Å². The smallest absolute Gasteiger partial charge is 0.333 e. The van der Waals surface area contributed by atoms with Crippen molar-refractivity contribution in [1.29, 1.82) is 0 Å². The number of nitrogens with zero attached hydrogens (tertiary/aromatic N) is 2. The van der Waals surface area contributed by atoms with Crippen LogP contribution in [0.15, 0.2) is 155 Å². The Kier molecular flexibility index (Phi) is 9.70. The molecule has 0 saturated heterocycles. The number of para-hydroxylation sites is 1. The number of hydrogen-bond donors (Lipinski definition) is 0. The lowest BCUT2D eigenvalue weighted by Crippen LogP contribution is -2.62. The van der Waals surface area contributed by atoms with E-state index in [1.165, 1.54) is 116 Å². The SMILES string of the molecule is Cc1cc2c(cc1N1c3cc4c(cc3B3c5c(cc(C(C)(C)C)cc51)-c1cc5sc6ccccc6c5cc1N3c1ccc(C(C)(C)C)cc1-c1ccccc1)Oc1ccccc1S4)C(C)(C)CCC2(C)C. The van der Waals surface area contributed by atoms with Crippen LogP contribution >= 0.6 is 23.1 Å². The summed E-state index contributed by atoms with van der Waals surface area (Å²) < 4.78 is 9.65. The maximum Gasteiger partial charge on any atom is 0.333 e. The number of anilines is 5. The van der Waals surface area contributed by atoms with Gasteiger partial charge in [-0.1, -0.05) is 160 Å². The van der Waals surface area contributed by atoms with Gasteiger partial charge in [0.25, 0.3) is 0 Å². The second-order valence-electron chi connectivity index (χ2n) is 24.1.